The van der Waals surface area contributed by atoms with Crippen molar-refractivity contribution in [2.75, 3.05) is 5.32 Å². The van der Waals surface area contributed by atoms with E-state index in [1.807, 2.05) is 68.4 Å². The quantitative estimate of drug-likeness (QED) is 0.823. The average Bonchev–Trinajstić information content (AvgIpc) is 2.46. The Morgan fingerprint density at radius 1 is 0.950 bits per heavy atom. The van der Waals surface area contributed by atoms with Gasteiger partial charge in [-0.1, -0.05) is 50.0 Å². The molecule has 0 saturated heterocycles. The SMILES string of the molecule is CC(C)C(=O)Nc1cccc(C#Cc2ccccc2)c1. The van der Waals surface area contributed by atoms with E-state index in [4.69, 9.17) is 0 Å². The Balaban J connectivity index is 2.15. The first-order valence-electron chi connectivity index (χ1n) is 6.63. The second-order valence-corrected chi connectivity index (χ2v) is 4.84. The van der Waals surface area contributed by atoms with E-state index < -0.39 is 0 Å². The van der Waals surface area contributed by atoms with Gasteiger partial charge in [-0.15, -0.1) is 0 Å². The Morgan fingerprint density at radius 2 is 1.60 bits per heavy atom. The topological polar surface area (TPSA) is 29.1 Å². The van der Waals surface area contributed by atoms with Gasteiger partial charge in [-0.25, -0.2) is 0 Å². The third-order valence-electron chi connectivity index (χ3n) is 2.78. The summed E-state index contributed by atoms with van der Waals surface area (Å²) in [5.74, 6) is 6.18. The molecule has 2 rings (SSSR count). The molecule has 0 spiro atoms. The summed E-state index contributed by atoms with van der Waals surface area (Å²) >= 11 is 0. The van der Waals surface area contributed by atoms with Crippen LogP contribution in [0, 0.1) is 17.8 Å². The van der Waals surface area contributed by atoms with Gasteiger partial charge in [0.05, 0.1) is 0 Å². The van der Waals surface area contributed by atoms with Crippen LogP contribution in [0.15, 0.2) is 54.6 Å². The largest absolute Gasteiger partial charge is 0.326 e. The predicted molar refractivity (Wildman–Crippen MR) is 82.3 cm³/mol. The summed E-state index contributed by atoms with van der Waals surface area (Å²) < 4.78 is 0. The number of hydrogen-bond acceptors (Lipinski definition) is 1. The Hall–Kier alpha value is -2.53. The standard InChI is InChI=1S/C18H17NO/c1-14(2)18(20)19-17-10-6-9-16(13-17)12-11-15-7-4-3-5-8-15/h3-10,13-14H,1-2H3,(H,19,20). The van der Waals surface area contributed by atoms with Crippen molar-refractivity contribution >= 4 is 11.6 Å². The smallest absolute Gasteiger partial charge is 0.226 e. The van der Waals surface area contributed by atoms with Crippen LogP contribution in [-0.4, -0.2) is 5.91 Å². The molecule has 20 heavy (non-hydrogen) atoms. The monoisotopic (exact) mass is 263 g/mol. The van der Waals surface area contributed by atoms with Gasteiger partial charge in [-0.05, 0) is 30.3 Å². The third-order valence-corrected chi connectivity index (χ3v) is 2.78. The predicted octanol–water partition coefficient (Wildman–Crippen LogP) is 3.68. The van der Waals surface area contributed by atoms with Crippen molar-refractivity contribution in [3.63, 3.8) is 0 Å². The van der Waals surface area contributed by atoms with Crippen molar-refractivity contribution < 1.29 is 4.79 Å². The first-order chi connectivity index (χ1) is 9.65. The minimum atomic E-state index is -0.0333. The third kappa shape index (κ3) is 4.00. The summed E-state index contributed by atoms with van der Waals surface area (Å²) in [5.41, 5.74) is 2.64. The Morgan fingerprint density at radius 3 is 2.30 bits per heavy atom. The van der Waals surface area contributed by atoms with Gasteiger partial charge in [0.2, 0.25) is 5.91 Å². The van der Waals surface area contributed by atoms with Crippen LogP contribution in [0.3, 0.4) is 0 Å². The fourth-order valence-electron chi connectivity index (χ4n) is 1.63. The second kappa shape index (κ2) is 6.58. The normalized spacial score (nSPS) is 9.75. The minimum absolute atomic E-state index is 0.0122. The van der Waals surface area contributed by atoms with Gasteiger partial charge in [-0.3, -0.25) is 4.79 Å². The van der Waals surface area contributed by atoms with Crippen molar-refractivity contribution in [1.82, 2.24) is 0 Å². The molecule has 2 nitrogen and oxygen atoms in total. The van der Waals surface area contributed by atoms with Crippen molar-refractivity contribution in [2.45, 2.75) is 13.8 Å². The van der Waals surface area contributed by atoms with Crippen molar-refractivity contribution in [2.24, 2.45) is 5.92 Å². The van der Waals surface area contributed by atoms with Crippen molar-refractivity contribution in [3.05, 3.63) is 65.7 Å². The van der Waals surface area contributed by atoms with E-state index in [-0.39, 0.29) is 11.8 Å². The lowest BCUT2D eigenvalue weighted by molar-refractivity contribution is -0.118. The van der Waals surface area contributed by atoms with Gasteiger partial charge >= 0.3 is 0 Å². The minimum Gasteiger partial charge on any atom is -0.326 e. The molecule has 0 aliphatic rings. The highest BCUT2D eigenvalue weighted by Gasteiger charge is 2.06. The Kier molecular flexibility index (Phi) is 4.57. The van der Waals surface area contributed by atoms with Crippen molar-refractivity contribution in [3.8, 4) is 11.8 Å². The van der Waals surface area contributed by atoms with Gasteiger partial charge in [-0.2, -0.15) is 0 Å². The van der Waals surface area contributed by atoms with E-state index >= 15 is 0 Å². The molecule has 0 aliphatic carbocycles. The van der Waals surface area contributed by atoms with Gasteiger partial charge in [0.15, 0.2) is 0 Å². The maximum Gasteiger partial charge on any atom is 0.226 e. The van der Waals surface area contributed by atoms with Crippen LogP contribution in [0.5, 0.6) is 0 Å². The van der Waals surface area contributed by atoms with E-state index in [0.29, 0.717) is 0 Å². The van der Waals surface area contributed by atoms with Gasteiger partial charge in [0.25, 0.3) is 0 Å². The van der Waals surface area contributed by atoms with Crippen LogP contribution >= 0.6 is 0 Å². The number of carbonyl (C=O) groups excluding carboxylic acids is 1. The average molecular weight is 263 g/mol. The van der Waals surface area contributed by atoms with E-state index in [1.165, 1.54) is 0 Å². The number of carbonyl (C=O) groups is 1. The van der Waals surface area contributed by atoms with E-state index in [2.05, 4.69) is 17.2 Å². The molecule has 0 aromatic heterocycles. The zero-order valence-electron chi connectivity index (χ0n) is 11.7. The fourth-order valence-corrected chi connectivity index (χ4v) is 1.63. The molecule has 1 N–H and O–H groups in total. The molecule has 0 unspecified atom stereocenters. The highest BCUT2D eigenvalue weighted by Crippen LogP contribution is 2.11. The number of hydrogen-bond donors (Lipinski definition) is 1. The van der Waals surface area contributed by atoms with Gasteiger partial charge in [0.1, 0.15) is 0 Å². The molecule has 0 aliphatic heterocycles. The molecule has 2 aromatic carbocycles. The second-order valence-electron chi connectivity index (χ2n) is 4.84. The molecule has 0 atom stereocenters. The zero-order valence-corrected chi connectivity index (χ0v) is 11.7. The molecule has 0 heterocycles. The molecule has 0 saturated carbocycles. The van der Waals surface area contributed by atoms with E-state index in [1.54, 1.807) is 0 Å². The summed E-state index contributed by atoms with van der Waals surface area (Å²) in [7, 11) is 0. The lowest BCUT2D eigenvalue weighted by atomic mass is 10.1. The maximum absolute atomic E-state index is 11.7. The summed E-state index contributed by atoms with van der Waals surface area (Å²) in [5, 5.41) is 2.87. The lowest BCUT2D eigenvalue weighted by Crippen LogP contribution is -2.17. The van der Waals surface area contributed by atoms with Gasteiger partial charge in [0, 0.05) is 22.7 Å². The zero-order chi connectivity index (χ0) is 14.4. The Labute approximate surface area is 119 Å². The summed E-state index contributed by atoms with van der Waals surface area (Å²) in [6, 6.07) is 17.4. The maximum atomic E-state index is 11.7. The highest BCUT2D eigenvalue weighted by molar-refractivity contribution is 5.92. The van der Waals surface area contributed by atoms with Crippen LogP contribution in [-0.2, 0) is 4.79 Å². The molecular formula is C18H17NO. The molecule has 1 amide bonds. The molecule has 0 fully saturated rings. The molecular weight excluding hydrogens is 246 g/mol. The Bertz CT molecular complexity index is 648. The number of amides is 1. The number of anilines is 1. The van der Waals surface area contributed by atoms with Crippen LogP contribution in [0.4, 0.5) is 5.69 Å². The first-order valence-corrected chi connectivity index (χ1v) is 6.63. The van der Waals surface area contributed by atoms with E-state index in [0.717, 1.165) is 16.8 Å². The van der Waals surface area contributed by atoms with Crippen LogP contribution < -0.4 is 5.32 Å². The summed E-state index contributed by atoms with van der Waals surface area (Å²) in [4.78, 5) is 11.7. The summed E-state index contributed by atoms with van der Waals surface area (Å²) in [6.07, 6.45) is 0. The number of benzene rings is 2. The lowest BCUT2D eigenvalue weighted by Gasteiger charge is -2.07. The van der Waals surface area contributed by atoms with Crippen molar-refractivity contribution in [1.29, 1.82) is 0 Å². The van der Waals surface area contributed by atoms with Gasteiger partial charge < -0.3 is 5.32 Å². The summed E-state index contributed by atoms with van der Waals surface area (Å²) in [6.45, 7) is 3.74. The molecule has 2 heteroatoms. The van der Waals surface area contributed by atoms with Crippen LogP contribution in [0.25, 0.3) is 0 Å². The molecule has 2 aromatic rings. The molecule has 0 bridgehead atoms. The number of nitrogens with one attached hydrogen (secondary N) is 1. The molecule has 0 radical (unpaired) electrons. The highest BCUT2D eigenvalue weighted by atomic mass is 16.1. The number of rotatable bonds is 2. The molecule has 100 valence electrons. The van der Waals surface area contributed by atoms with Crippen LogP contribution in [0.1, 0.15) is 25.0 Å². The first kappa shape index (κ1) is 13.9. The van der Waals surface area contributed by atoms with Crippen LogP contribution in [0.2, 0.25) is 0 Å². The van der Waals surface area contributed by atoms with E-state index in [9.17, 15) is 4.79 Å². The fraction of sp³-hybridized carbons (Fsp3) is 0.167.